The highest BCUT2D eigenvalue weighted by molar-refractivity contribution is 9.10. The van der Waals surface area contributed by atoms with Gasteiger partial charge in [-0.05, 0) is 47.3 Å². The zero-order valence-electron chi connectivity index (χ0n) is 8.59. The molecular formula is C11H14BrNO2. The first-order chi connectivity index (χ1) is 7.07. The Morgan fingerprint density at radius 1 is 1.47 bits per heavy atom. The second-order valence-electron chi connectivity index (χ2n) is 4.01. The van der Waals surface area contributed by atoms with E-state index in [1.54, 1.807) is 13.2 Å². The third-order valence-electron chi connectivity index (χ3n) is 3.05. The largest absolute Gasteiger partial charge is 0.508 e. The zero-order valence-corrected chi connectivity index (χ0v) is 10.2. The summed E-state index contributed by atoms with van der Waals surface area (Å²) in [5.74, 6) is 0.949. The molecule has 0 aliphatic heterocycles. The lowest BCUT2D eigenvalue weighted by atomic mass is 9.72. The van der Waals surface area contributed by atoms with Crippen LogP contribution in [-0.2, 0) is 5.54 Å². The molecule has 1 fully saturated rings. The van der Waals surface area contributed by atoms with Gasteiger partial charge in [-0.15, -0.1) is 0 Å². The second-order valence-corrected chi connectivity index (χ2v) is 4.87. The van der Waals surface area contributed by atoms with Gasteiger partial charge in [-0.2, -0.15) is 0 Å². The molecule has 1 saturated carbocycles. The number of hydrogen-bond acceptors (Lipinski definition) is 3. The summed E-state index contributed by atoms with van der Waals surface area (Å²) in [6.07, 6.45) is 2.96. The molecule has 0 radical (unpaired) electrons. The van der Waals surface area contributed by atoms with Crippen molar-refractivity contribution in [3.63, 3.8) is 0 Å². The Balaban J connectivity index is 2.47. The van der Waals surface area contributed by atoms with E-state index in [0.29, 0.717) is 5.75 Å². The van der Waals surface area contributed by atoms with Crippen molar-refractivity contribution < 1.29 is 9.84 Å². The molecule has 1 aromatic carbocycles. The first-order valence-corrected chi connectivity index (χ1v) is 5.72. The number of halogens is 1. The van der Waals surface area contributed by atoms with E-state index in [0.717, 1.165) is 29.3 Å². The summed E-state index contributed by atoms with van der Waals surface area (Å²) in [7, 11) is 1.60. The molecule has 0 heterocycles. The molecular weight excluding hydrogens is 258 g/mol. The van der Waals surface area contributed by atoms with Crippen LogP contribution >= 0.6 is 15.9 Å². The highest BCUT2D eigenvalue weighted by atomic mass is 79.9. The van der Waals surface area contributed by atoms with E-state index < -0.39 is 0 Å². The average Bonchev–Trinajstić information content (AvgIpc) is 2.15. The molecule has 2 rings (SSSR count). The Labute approximate surface area is 97.4 Å². The van der Waals surface area contributed by atoms with Crippen LogP contribution in [0, 0.1) is 0 Å². The number of nitrogens with two attached hydrogens (primary N) is 1. The van der Waals surface area contributed by atoms with Gasteiger partial charge in [0.25, 0.3) is 0 Å². The third-order valence-corrected chi connectivity index (χ3v) is 3.67. The van der Waals surface area contributed by atoms with Gasteiger partial charge in [0.05, 0.1) is 11.6 Å². The van der Waals surface area contributed by atoms with Crippen molar-refractivity contribution in [1.82, 2.24) is 0 Å². The fraction of sp³-hybridized carbons (Fsp3) is 0.455. The van der Waals surface area contributed by atoms with Crippen LogP contribution in [0.25, 0.3) is 0 Å². The summed E-state index contributed by atoms with van der Waals surface area (Å²) in [5, 5.41) is 9.85. The number of rotatable bonds is 2. The number of hydrogen-bond donors (Lipinski definition) is 2. The molecule has 1 aromatic rings. The maximum absolute atomic E-state index is 9.85. The topological polar surface area (TPSA) is 55.5 Å². The molecule has 0 spiro atoms. The predicted octanol–water partition coefficient (Wildman–Crippen LogP) is 2.50. The highest BCUT2D eigenvalue weighted by Gasteiger charge is 2.37. The van der Waals surface area contributed by atoms with Gasteiger partial charge in [0, 0.05) is 11.1 Å². The number of benzene rings is 1. The standard InChI is InChI=1S/C11H14BrNO2/c1-15-10-5-7(9(14)6-8(10)12)11(13)3-2-4-11/h5-6,14H,2-4,13H2,1H3. The second kappa shape index (κ2) is 3.68. The van der Waals surface area contributed by atoms with Gasteiger partial charge >= 0.3 is 0 Å². The minimum absolute atomic E-state index is 0.241. The van der Waals surface area contributed by atoms with Crippen LogP contribution in [0.1, 0.15) is 24.8 Å². The van der Waals surface area contributed by atoms with E-state index in [1.807, 2.05) is 6.07 Å². The van der Waals surface area contributed by atoms with Crippen molar-refractivity contribution in [3.8, 4) is 11.5 Å². The molecule has 0 unspecified atom stereocenters. The highest BCUT2D eigenvalue weighted by Crippen LogP contribution is 2.45. The van der Waals surface area contributed by atoms with Crippen molar-refractivity contribution in [2.24, 2.45) is 5.73 Å². The fourth-order valence-electron chi connectivity index (χ4n) is 1.93. The summed E-state index contributed by atoms with van der Waals surface area (Å²) in [6, 6.07) is 3.46. The van der Waals surface area contributed by atoms with Gasteiger partial charge in [-0.25, -0.2) is 0 Å². The van der Waals surface area contributed by atoms with E-state index >= 15 is 0 Å². The quantitative estimate of drug-likeness (QED) is 0.869. The third kappa shape index (κ3) is 1.72. The number of ether oxygens (including phenoxy) is 1. The molecule has 0 saturated heterocycles. The van der Waals surface area contributed by atoms with E-state index in [9.17, 15) is 5.11 Å². The van der Waals surface area contributed by atoms with Gasteiger partial charge in [-0.1, -0.05) is 0 Å². The maximum Gasteiger partial charge on any atom is 0.133 e. The maximum atomic E-state index is 9.85. The summed E-state index contributed by atoms with van der Waals surface area (Å²) in [5.41, 5.74) is 6.59. The molecule has 0 bridgehead atoms. The normalized spacial score (nSPS) is 18.3. The number of phenolic OH excluding ortho intramolecular Hbond substituents is 1. The molecule has 3 nitrogen and oxygen atoms in total. The smallest absolute Gasteiger partial charge is 0.133 e. The minimum Gasteiger partial charge on any atom is -0.508 e. The van der Waals surface area contributed by atoms with Crippen molar-refractivity contribution in [1.29, 1.82) is 0 Å². The van der Waals surface area contributed by atoms with Gasteiger partial charge in [0.2, 0.25) is 0 Å². The Morgan fingerprint density at radius 2 is 2.13 bits per heavy atom. The average molecular weight is 272 g/mol. The minimum atomic E-state index is -0.363. The molecule has 0 amide bonds. The first-order valence-electron chi connectivity index (χ1n) is 4.93. The van der Waals surface area contributed by atoms with Crippen LogP contribution < -0.4 is 10.5 Å². The molecule has 1 aliphatic carbocycles. The van der Waals surface area contributed by atoms with E-state index in [1.165, 1.54) is 0 Å². The molecule has 4 heteroatoms. The van der Waals surface area contributed by atoms with Crippen LogP contribution in [0.2, 0.25) is 0 Å². The lowest BCUT2D eigenvalue weighted by molar-refractivity contribution is 0.244. The summed E-state index contributed by atoms with van der Waals surface area (Å²) < 4.78 is 5.94. The van der Waals surface area contributed by atoms with Crippen LogP contribution in [0.4, 0.5) is 0 Å². The Hall–Kier alpha value is -0.740. The molecule has 3 N–H and O–H groups in total. The van der Waals surface area contributed by atoms with Crippen LogP contribution in [-0.4, -0.2) is 12.2 Å². The Kier molecular flexibility index (Phi) is 2.64. The Bertz CT molecular complexity index is 388. The molecule has 82 valence electrons. The molecule has 0 aromatic heterocycles. The van der Waals surface area contributed by atoms with Crippen LogP contribution in [0.5, 0.6) is 11.5 Å². The first kappa shape index (κ1) is 10.8. The lowest BCUT2D eigenvalue weighted by Gasteiger charge is -2.39. The molecule has 0 atom stereocenters. The van der Waals surface area contributed by atoms with Gasteiger partial charge in [-0.3, -0.25) is 0 Å². The predicted molar refractivity (Wildman–Crippen MR) is 62.1 cm³/mol. The van der Waals surface area contributed by atoms with Gasteiger partial charge in [0.1, 0.15) is 11.5 Å². The zero-order chi connectivity index (χ0) is 11.1. The van der Waals surface area contributed by atoms with Crippen molar-refractivity contribution >= 4 is 15.9 Å². The summed E-state index contributed by atoms with van der Waals surface area (Å²) in [4.78, 5) is 0. The van der Waals surface area contributed by atoms with Crippen molar-refractivity contribution in [2.45, 2.75) is 24.8 Å². The van der Waals surface area contributed by atoms with E-state index in [4.69, 9.17) is 10.5 Å². The number of methoxy groups -OCH3 is 1. The number of phenols is 1. The van der Waals surface area contributed by atoms with Crippen LogP contribution in [0.3, 0.4) is 0 Å². The lowest BCUT2D eigenvalue weighted by Crippen LogP contribution is -2.43. The molecule has 15 heavy (non-hydrogen) atoms. The molecule has 1 aliphatic rings. The van der Waals surface area contributed by atoms with Gasteiger partial charge in [0.15, 0.2) is 0 Å². The SMILES string of the molecule is COc1cc(C2(N)CCC2)c(O)cc1Br. The summed E-state index contributed by atoms with van der Waals surface area (Å²) >= 11 is 3.32. The fourth-order valence-corrected chi connectivity index (χ4v) is 2.42. The van der Waals surface area contributed by atoms with Crippen LogP contribution in [0.15, 0.2) is 16.6 Å². The van der Waals surface area contributed by atoms with E-state index in [2.05, 4.69) is 15.9 Å². The monoisotopic (exact) mass is 271 g/mol. The Morgan fingerprint density at radius 3 is 2.60 bits per heavy atom. The van der Waals surface area contributed by atoms with E-state index in [-0.39, 0.29) is 11.3 Å². The van der Waals surface area contributed by atoms with Crippen molar-refractivity contribution in [2.75, 3.05) is 7.11 Å². The summed E-state index contributed by atoms with van der Waals surface area (Å²) in [6.45, 7) is 0. The number of aromatic hydroxyl groups is 1. The van der Waals surface area contributed by atoms with Crippen molar-refractivity contribution in [3.05, 3.63) is 22.2 Å². The van der Waals surface area contributed by atoms with Gasteiger partial charge < -0.3 is 15.6 Å².